The van der Waals surface area contributed by atoms with Gasteiger partial charge in [0.05, 0.1) is 4.91 Å². The number of para-hydroxylation sites is 1. The van der Waals surface area contributed by atoms with Crippen LogP contribution < -0.4 is 5.32 Å². The smallest absolute Gasteiger partial charge is 0.294 e. The van der Waals surface area contributed by atoms with Crippen LogP contribution >= 0.6 is 11.8 Å². The third kappa shape index (κ3) is 4.94. The van der Waals surface area contributed by atoms with Gasteiger partial charge in [-0.05, 0) is 53.1 Å². The Hall–Kier alpha value is -4.69. The Balaban J connectivity index is 1.23. The molecule has 39 heavy (non-hydrogen) atoms. The number of rotatable bonds is 6. The largest absolute Gasteiger partial charge is 0.342 e. The van der Waals surface area contributed by atoms with Crippen molar-refractivity contribution in [3.8, 4) is 0 Å². The molecule has 1 fully saturated rings. The van der Waals surface area contributed by atoms with Crippen LogP contribution in [0.5, 0.6) is 0 Å². The number of carbonyl (C=O) groups is 3. The number of thioether (sulfide) groups is 1. The molecule has 6 rings (SSSR count). The fraction of sp³-hybridized carbons (Fsp3) is 0.0645. The van der Waals surface area contributed by atoms with Gasteiger partial charge in [0.2, 0.25) is 5.91 Å². The Morgan fingerprint density at radius 3 is 2.41 bits per heavy atom. The van der Waals surface area contributed by atoms with Crippen molar-refractivity contribution in [1.29, 1.82) is 0 Å². The number of hydrogen-bond donors (Lipinski definition) is 1. The lowest BCUT2D eigenvalue weighted by molar-refractivity contribution is -0.127. The summed E-state index contributed by atoms with van der Waals surface area (Å²) in [5.41, 5.74) is 3.27. The number of halogens is 1. The first kappa shape index (κ1) is 24.6. The topological polar surface area (TPSA) is 71.4 Å². The van der Waals surface area contributed by atoms with Gasteiger partial charge in [-0.2, -0.15) is 0 Å². The Kier molecular flexibility index (Phi) is 6.46. The van der Waals surface area contributed by atoms with Crippen LogP contribution in [0.15, 0.2) is 102 Å². The molecule has 0 atom stereocenters. The molecule has 1 N–H and O–H groups in total. The molecule has 6 nitrogen and oxygen atoms in total. The average molecular weight is 536 g/mol. The van der Waals surface area contributed by atoms with Crippen molar-refractivity contribution in [1.82, 2.24) is 9.47 Å². The number of anilines is 1. The van der Waals surface area contributed by atoms with Gasteiger partial charge in [0.25, 0.3) is 11.1 Å². The second kappa shape index (κ2) is 10.2. The molecule has 1 aliphatic heterocycles. The summed E-state index contributed by atoms with van der Waals surface area (Å²) < 4.78 is 15.4. The SMILES string of the molecule is O=C(CN1C(=O)S/C(=C\c2cn(Cc3ccc(F)cc3)c3ccccc23)C1=O)Nc1cccc2ccccc12. The van der Waals surface area contributed by atoms with Crippen molar-refractivity contribution in [3.63, 3.8) is 0 Å². The molecule has 0 unspecified atom stereocenters. The first-order valence-electron chi connectivity index (χ1n) is 12.3. The standard InChI is InChI=1S/C31H22FN3O3S/c32-23-14-12-20(13-15-23)17-34-18-22(25-9-3-4-11-27(25)34)16-28-30(37)35(31(38)39-28)19-29(36)33-26-10-5-7-21-6-1-2-8-24(21)26/h1-16,18H,17,19H2,(H,33,36)/b28-16-. The molecule has 5 aromatic rings. The average Bonchev–Trinajstić information content (AvgIpc) is 3.42. The molecule has 0 saturated carbocycles. The van der Waals surface area contributed by atoms with Crippen LogP contribution in [-0.4, -0.2) is 33.1 Å². The van der Waals surface area contributed by atoms with E-state index in [1.165, 1.54) is 12.1 Å². The van der Waals surface area contributed by atoms with Crippen LogP contribution in [0, 0.1) is 5.82 Å². The lowest BCUT2D eigenvalue weighted by atomic mass is 10.1. The minimum Gasteiger partial charge on any atom is -0.342 e. The number of imide groups is 1. The third-order valence-electron chi connectivity index (χ3n) is 6.61. The minimum atomic E-state index is -0.506. The highest BCUT2D eigenvalue weighted by atomic mass is 32.2. The van der Waals surface area contributed by atoms with Gasteiger partial charge in [0, 0.05) is 40.3 Å². The zero-order valence-electron chi connectivity index (χ0n) is 20.6. The molecule has 4 aromatic carbocycles. The molecule has 1 aromatic heterocycles. The molecule has 1 aliphatic rings. The molecule has 8 heteroatoms. The van der Waals surface area contributed by atoms with Crippen molar-refractivity contribution in [2.45, 2.75) is 6.54 Å². The summed E-state index contributed by atoms with van der Waals surface area (Å²) in [5, 5.41) is 5.11. The second-order valence-electron chi connectivity index (χ2n) is 9.20. The summed E-state index contributed by atoms with van der Waals surface area (Å²) in [6.07, 6.45) is 3.60. The van der Waals surface area contributed by atoms with E-state index >= 15 is 0 Å². The molecular formula is C31H22FN3O3S. The maximum Gasteiger partial charge on any atom is 0.294 e. The summed E-state index contributed by atoms with van der Waals surface area (Å²) in [5.74, 6) is -1.25. The van der Waals surface area contributed by atoms with E-state index < -0.39 is 17.1 Å². The van der Waals surface area contributed by atoms with E-state index in [4.69, 9.17) is 0 Å². The Morgan fingerprint density at radius 2 is 1.59 bits per heavy atom. The van der Waals surface area contributed by atoms with Crippen LogP contribution in [0.3, 0.4) is 0 Å². The molecular weight excluding hydrogens is 513 g/mol. The van der Waals surface area contributed by atoms with Gasteiger partial charge in [0.15, 0.2) is 0 Å². The van der Waals surface area contributed by atoms with Crippen molar-refractivity contribution < 1.29 is 18.8 Å². The van der Waals surface area contributed by atoms with Crippen molar-refractivity contribution in [2.24, 2.45) is 0 Å². The molecule has 3 amide bonds. The zero-order chi connectivity index (χ0) is 26.9. The summed E-state index contributed by atoms with van der Waals surface area (Å²) in [4.78, 5) is 40.0. The number of nitrogens with one attached hydrogen (secondary N) is 1. The minimum absolute atomic E-state index is 0.252. The van der Waals surface area contributed by atoms with Gasteiger partial charge in [-0.25, -0.2) is 4.39 Å². The Morgan fingerprint density at radius 1 is 0.872 bits per heavy atom. The summed E-state index contributed by atoms with van der Waals surface area (Å²) in [7, 11) is 0. The van der Waals surface area contributed by atoms with E-state index in [1.54, 1.807) is 24.3 Å². The van der Waals surface area contributed by atoms with E-state index in [9.17, 15) is 18.8 Å². The predicted molar refractivity (Wildman–Crippen MR) is 153 cm³/mol. The van der Waals surface area contributed by atoms with Crippen LogP contribution in [0.2, 0.25) is 0 Å². The molecule has 192 valence electrons. The molecule has 0 spiro atoms. The maximum atomic E-state index is 13.4. The maximum absolute atomic E-state index is 13.4. The van der Waals surface area contributed by atoms with E-state index in [-0.39, 0.29) is 17.3 Å². The highest BCUT2D eigenvalue weighted by Gasteiger charge is 2.36. The summed E-state index contributed by atoms with van der Waals surface area (Å²) >= 11 is 0.818. The normalized spacial score (nSPS) is 14.6. The number of nitrogens with zero attached hydrogens (tertiary/aromatic N) is 2. The van der Waals surface area contributed by atoms with E-state index in [0.29, 0.717) is 12.2 Å². The lowest BCUT2D eigenvalue weighted by Gasteiger charge is -2.13. The van der Waals surface area contributed by atoms with E-state index in [2.05, 4.69) is 5.32 Å². The number of fused-ring (bicyclic) bond motifs is 2. The van der Waals surface area contributed by atoms with Gasteiger partial charge in [-0.1, -0.05) is 66.7 Å². The van der Waals surface area contributed by atoms with Gasteiger partial charge in [0.1, 0.15) is 12.4 Å². The Labute approximate surface area is 227 Å². The van der Waals surface area contributed by atoms with Gasteiger partial charge in [-0.15, -0.1) is 0 Å². The Bertz CT molecular complexity index is 1790. The molecule has 0 aliphatic carbocycles. The molecule has 1 saturated heterocycles. The quantitative estimate of drug-likeness (QED) is 0.247. The van der Waals surface area contributed by atoms with E-state index in [0.717, 1.165) is 49.5 Å². The molecule has 2 heterocycles. The fourth-order valence-corrected chi connectivity index (χ4v) is 5.58. The zero-order valence-corrected chi connectivity index (χ0v) is 21.5. The van der Waals surface area contributed by atoms with Crippen LogP contribution in [0.25, 0.3) is 27.8 Å². The van der Waals surface area contributed by atoms with Crippen molar-refractivity contribution in [2.75, 3.05) is 11.9 Å². The number of hydrogen-bond acceptors (Lipinski definition) is 4. The second-order valence-corrected chi connectivity index (χ2v) is 10.2. The predicted octanol–water partition coefficient (Wildman–Crippen LogP) is 6.66. The van der Waals surface area contributed by atoms with Crippen LogP contribution in [0.4, 0.5) is 14.9 Å². The monoisotopic (exact) mass is 535 g/mol. The number of benzene rings is 4. The van der Waals surface area contributed by atoms with Crippen molar-refractivity contribution >= 4 is 62.3 Å². The number of amides is 3. The lowest BCUT2D eigenvalue weighted by Crippen LogP contribution is -2.36. The molecule has 0 bridgehead atoms. The number of carbonyl (C=O) groups excluding carboxylic acids is 3. The first-order chi connectivity index (χ1) is 19.0. The van der Waals surface area contributed by atoms with Gasteiger partial charge in [-0.3, -0.25) is 19.3 Å². The molecule has 0 radical (unpaired) electrons. The van der Waals surface area contributed by atoms with Crippen molar-refractivity contribution in [3.05, 3.63) is 119 Å². The number of aromatic nitrogens is 1. The van der Waals surface area contributed by atoms with Gasteiger partial charge >= 0.3 is 0 Å². The highest BCUT2D eigenvalue weighted by Crippen LogP contribution is 2.34. The highest BCUT2D eigenvalue weighted by molar-refractivity contribution is 8.18. The van der Waals surface area contributed by atoms with Crippen LogP contribution in [-0.2, 0) is 16.1 Å². The van der Waals surface area contributed by atoms with Crippen LogP contribution in [0.1, 0.15) is 11.1 Å². The summed E-state index contributed by atoms with van der Waals surface area (Å²) in [6, 6.07) is 27.3. The third-order valence-corrected chi connectivity index (χ3v) is 7.52. The first-order valence-corrected chi connectivity index (χ1v) is 13.1. The van der Waals surface area contributed by atoms with Gasteiger partial charge < -0.3 is 9.88 Å². The fourth-order valence-electron chi connectivity index (χ4n) is 4.75. The summed E-state index contributed by atoms with van der Waals surface area (Å²) in [6.45, 7) is 0.141. The van der Waals surface area contributed by atoms with E-state index in [1.807, 2.05) is 71.4 Å².